The molecular weight excluding hydrogens is 353 g/mol. The third-order valence-electron chi connectivity index (χ3n) is 4.59. The van der Waals surface area contributed by atoms with Crippen LogP contribution in [0.25, 0.3) is 0 Å². The van der Waals surface area contributed by atoms with Crippen molar-refractivity contribution in [3.63, 3.8) is 0 Å². The van der Waals surface area contributed by atoms with E-state index in [4.69, 9.17) is 4.74 Å². The summed E-state index contributed by atoms with van der Waals surface area (Å²) in [4.78, 5) is 39.8. The molecule has 3 amide bonds. The summed E-state index contributed by atoms with van der Waals surface area (Å²) in [5.41, 5.74) is 0.0171. The molecule has 2 heterocycles. The SMILES string of the molecule is CC(C)(C)OC(=O)N1CCC(C(=O)NC2CN(c3ccc(F)cc3)C2=O)C1. The lowest BCUT2D eigenvalue weighted by atomic mass is 10.0. The van der Waals surface area contributed by atoms with Gasteiger partial charge in [0.2, 0.25) is 5.91 Å². The van der Waals surface area contributed by atoms with Crippen LogP contribution in [0.3, 0.4) is 0 Å². The Labute approximate surface area is 157 Å². The maximum Gasteiger partial charge on any atom is 0.410 e. The summed E-state index contributed by atoms with van der Waals surface area (Å²) >= 11 is 0. The van der Waals surface area contributed by atoms with E-state index in [-0.39, 0.29) is 30.1 Å². The van der Waals surface area contributed by atoms with Crippen LogP contribution in [0.1, 0.15) is 27.2 Å². The summed E-state index contributed by atoms with van der Waals surface area (Å²) < 4.78 is 18.3. The first kappa shape index (κ1) is 19.1. The number of nitrogens with one attached hydrogen (secondary N) is 1. The van der Waals surface area contributed by atoms with Crippen molar-refractivity contribution >= 4 is 23.6 Å². The molecule has 2 fully saturated rings. The fourth-order valence-electron chi connectivity index (χ4n) is 3.14. The van der Waals surface area contributed by atoms with E-state index in [1.54, 1.807) is 20.8 Å². The molecule has 0 saturated carbocycles. The number of carbonyl (C=O) groups is 3. The number of nitrogens with zero attached hydrogens (tertiary/aromatic N) is 2. The number of halogens is 1. The molecule has 1 N–H and O–H groups in total. The molecule has 27 heavy (non-hydrogen) atoms. The van der Waals surface area contributed by atoms with Gasteiger partial charge in [0.15, 0.2) is 0 Å². The predicted octanol–water partition coefficient (Wildman–Crippen LogP) is 1.91. The van der Waals surface area contributed by atoms with Gasteiger partial charge in [0, 0.05) is 18.8 Å². The first-order chi connectivity index (χ1) is 12.6. The van der Waals surface area contributed by atoms with Crippen LogP contribution in [-0.2, 0) is 14.3 Å². The Kier molecular flexibility index (Phi) is 5.08. The molecule has 1 aromatic rings. The monoisotopic (exact) mass is 377 g/mol. The first-order valence-corrected chi connectivity index (χ1v) is 8.99. The van der Waals surface area contributed by atoms with Crippen molar-refractivity contribution in [3.05, 3.63) is 30.1 Å². The largest absolute Gasteiger partial charge is 0.444 e. The van der Waals surface area contributed by atoms with Gasteiger partial charge in [0.1, 0.15) is 17.5 Å². The number of benzene rings is 1. The molecule has 2 atom stereocenters. The molecular formula is C19H24FN3O4. The van der Waals surface area contributed by atoms with Gasteiger partial charge in [-0.3, -0.25) is 9.59 Å². The van der Waals surface area contributed by atoms with Crippen molar-refractivity contribution in [3.8, 4) is 0 Å². The van der Waals surface area contributed by atoms with Gasteiger partial charge in [-0.1, -0.05) is 0 Å². The van der Waals surface area contributed by atoms with Crippen LogP contribution in [0.2, 0.25) is 0 Å². The maximum atomic E-state index is 13.0. The highest BCUT2D eigenvalue weighted by Gasteiger charge is 2.41. The van der Waals surface area contributed by atoms with Crippen molar-refractivity contribution in [2.45, 2.75) is 38.8 Å². The van der Waals surface area contributed by atoms with E-state index >= 15 is 0 Å². The first-order valence-electron chi connectivity index (χ1n) is 8.99. The van der Waals surface area contributed by atoms with Crippen molar-refractivity contribution in [1.82, 2.24) is 10.2 Å². The standard InChI is InChI=1S/C19H24FN3O4/c1-19(2,3)27-18(26)22-9-8-12(10-22)16(24)21-15-11-23(17(15)25)14-6-4-13(20)5-7-14/h4-7,12,15H,8-11H2,1-3H3,(H,21,24). The van der Waals surface area contributed by atoms with Crippen LogP contribution in [0, 0.1) is 11.7 Å². The second-order valence-corrected chi connectivity index (χ2v) is 7.90. The Bertz CT molecular complexity index is 744. The number of β-lactam (4-membered cyclic amide) rings is 1. The Morgan fingerprint density at radius 2 is 1.85 bits per heavy atom. The molecule has 8 heteroatoms. The topological polar surface area (TPSA) is 79.0 Å². The molecule has 0 radical (unpaired) electrons. The Morgan fingerprint density at radius 3 is 2.44 bits per heavy atom. The quantitative estimate of drug-likeness (QED) is 0.817. The maximum absolute atomic E-state index is 13.0. The number of ether oxygens (including phenoxy) is 1. The highest BCUT2D eigenvalue weighted by Crippen LogP contribution is 2.24. The van der Waals surface area contributed by atoms with Gasteiger partial charge in [-0.05, 0) is 51.5 Å². The lowest BCUT2D eigenvalue weighted by Crippen LogP contribution is -2.64. The van der Waals surface area contributed by atoms with Crippen LogP contribution in [0.4, 0.5) is 14.9 Å². The van der Waals surface area contributed by atoms with Gasteiger partial charge in [0.25, 0.3) is 5.91 Å². The zero-order valence-electron chi connectivity index (χ0n) is 15.7. The smallest absolute Gasteiger partial charge is 0.410 e. The second kappa shape index (κ2) is 7.17. The van der Waals surface area contributed by atoms with Gasteiger partial charge in [-0.25, -0.2) is 9.18 Å². The Hall–Kier alpha value is -2.64. The highest BCUT2D eigenvalue weighted by molar-refractivity contribution is 6.05. The lowest BCUT2D eigenvalue weighted by molar-refractivity contribution is -0.132. The molecule has 2 aliphatic heterocycles. The van der Waals surface area contributed by atoms with Crippen molar-refractivity contribution in [1.29, 1.82) is 0 Å². The summed E-state index contributed by atoms with van der Waals surface area (Å²) in [6, 6.07) is 5.05. The molecule has 2 aliphatic rings. The fraction of sp³-hybridized carbons (Fsp3) is 0.526. The van der Waals surface area contributed by atoms with Crippen molar-refractivity contribution in [2.75, 3.05) is 24.5 Å². The van der Waals surface area contributed by atoms with E-state index in [1.165, 1.54) is 34.1 Å². The number of amides is 3. The lowest BCUT2D eigenvalue weighted by Gasteiger charge is -2.39. The summed E-state index contributed by atoms with van der Waals surface area (Å²) in [7, 11) is 0. The molecule has 0 aliphatic carbocycles. The van der Waals surface area contributed by atoms with E-state index in [0.29, 0.717) is 25.2 Å². The summed E-state index contributed by atoms with van der Waals surface area (Å²) in [6.45, 7) is 6.45. The predicted molar refractivity (Wildman–Crippen MR) is 96.6 cm³/mol. The van der Waals surface area contributed by atoms with Crippen LogP contribution in [0.15, 0.2) is 24.3 Å². The van der Waals surface area contributed by atoms with Gasteiger partial charge >= 0.3 is 6.09 Å². The normalized spacial score (nSPS) is 22.4. The third-order valence-corrected chi connectivity index (χ3v) is 4.59. The van der Waals surface area contributed by atoms with Gasteiger partial charge in [-0.15, -0.1) is 0 Å². The number of anilines is 1. The number of rotatable bonds is 3. The zero-order chi connectivity index (χ0) is 19.8. The van der Waals surface area contributed by atoms with E-state index in [1.807, 2.05) is 0 Å². The minimum Gasteiger partial charge on any atom is -0.444 e. The average Bonchev–Trinajstić information content (AvgIpc) is 3.08. The average molecular weight is 377 g/mol. The van der Waals surface area contributed by atoms with Gasteiger partial charge < -0.3 is 19.9 Å². The van der Waals surface area contributed by atoms with Crippen LogP contribution in [0.5, 0.6) is 0 Å². The summed E-state index contributed by atoms with van der Waals surface area (Å²) in [5.74, 6) is -1.19. The van der Waals surface area contributed by atoms with Crippen molar-refractivity contribution < 1.29 is 23.5 Å². The van der Waals surface area contributed by atoms with Crippen LogP contribution >= 0.6 is 0 Å². The van der Waals surface area contributed by atoms with E-state index < -0.39 is 17.7 Å². The number of likely N-dealkylation sites (tertiary alicyclic amines) is 1. The fourth-order valence-corrected chi connectivity index (χ4v) is 3.14. The summed E-state index contributed by atoms with van der Waals surface area (Å²) in [6.07, 6.45) is 0.105. The van der Waals surface area contributed by atoms with E-state index in [0.717, 1.165) is 0 Å². The molecule has 2 unspecified atom stereocenters. The van der Waals surface area contributed by atoms with E-state index in [9.17, 15) is 18.8 Å². The molecule has 1 aromatic carbocycles. The number of carbonyl (C=O) groups excluding carboxylic acids is 3. The Morgan fingerprint density at radius 1 is 1.19 bits per heavy atom. The van der Waals surface area contributed by atoms with Crippen LogP contribution < -0.4 is 10.2 Å². The van der Waals surface area contributed by atoms with Crippen molar-refractivity contribution in [2.24, 2.45) is 5.92 Å². The van der Waals surface area contributed by atoms with Gasteiger partial charge in [0.05, 0.1) is 12.5 Å². The Balaban J connectivity index is 1.48. The molecule has 2 saturated heterocycles. The molecule has 7 nitrogen and oxygen atoms in total. The minimum absolute atomic E-state index is 0.225. The van der Waals surface area contributed by atoms with Crippen LogP contribution in [-0.4, -0.2) is 54.1 Å². The zero-order valence-corrected chi connectivity index (χ0v) is 15.7. The van der Waals surface area contributed by atoms with Gasteiger partial charge in [-0.2, -0.15) is 0 Å². The summed E-state index contributed by atoms with van der Waals surface area (Å²) in [5, 5.41) is 2.74. The second-order valence-electron chi connectivity index (χ2n) is 7.90. The highest BCUT2D eigenvalue weighted by atomic mass is 19.1. The molecule has 0 bridgehead atoms. The molecule has 0 spiro atoms. The molecule has 0 aromatic heterocycles. The molecule has 146 valence electrons. The number of hydrogen-bond acceptors (Lipinski definition) is 4. The van der Waals surface area contributed by atoms with E-state index in [2.05, 4.69) is 5.32 Å². The molecule has 3 rings (SSSR count). The number of hydrogen-bond donors (Lipinski definition) is 1. The third kappa shape index (κ3) is 4.37. The minimum atomic E-state index is -0.585.